The number of unbranched alkanes of at least 4 members (excludes halogenated alkanes) is 14. The van der Waals surface area contributed by atoms with Gasteiger partial charge in [-0.25, -0.2) is 4.98 Å². The van der Waals surface area contributed by atoms with Crippen LogP contribution in [0, 0.1) is 0 Å². The van der Waals surface area contributed by atoms with E-state index in [2.05, 4.69) is 41.2 Å². The first-order valence-electron chi connectivity index (χ1n) is 12.0. The van der Waals surface area contributed by atoms with Crippen molar-refractivity contribution in [3.8, 4) is 11.4 Å². The molecular weight excluding hydrogens is 340 g/mol. The van der Waals surface area contributed by atoms with Crippen LogP contribution in [0.25, 0.3) is 11.4 Å². The first kappa shape index (κ1) is 22.7. The number of aromatic amines is 1. The second kappa shape index (κ2) is 15.4. The van der Waals surface area contributed by atoms with Gasteiger partial charge in [-0.2, -0.15) is 0 Å². The van der Waals surface area contributed by atoms with Gasteiger partial charge >= 0.3 is 0 Å². The molecule has 1 heterocycles. The van der Waals surface area contributed by atoms with Crippen LogP contribution in [0.3, 0.4) is 0 Å². The smallest absolute Gasteiger partial charge is 0.137 e. The zero-order chi connectivity index (χ0) is 19.7. The van der Waals surface area contributed by atoms with Gasteiger partial charge in [0.15, 0.2) is 0 Å². The predicted octanol–water partition coefficient (Wildman–Crippen LogP) is 8.49. The number of nitrogens with one attached hydrogen (secondary N) is 1. The summed E-state index contributed by atoms with van der Waals surface area (Å²) in [6.45, 7) is 2.29. The minimum absolute atomic E-state index is 0.997. The number of imidazole rings is 1. The van der Waals surface area contributed by atoms with Crippen molar-refractivity contribution in [2.45, 2.75) is 110 Å². The van der Waals surface area contributed by atoms with Gasteiger partial charge in [-0.3, -0.25) is 0 Å². The Bertz CT molecular complexity index is 588. The average Bonchev–Trinajstić information content (AvgIpc) is 3.26. The molecule has 0 atom stereocenters. The van der Waals surface area contributed by atoms with Gasteiger partial charge in [0.1, 0.15) is 5.82 Å². The van der Waals surface area contributed by atoms with Gasteiger partial charge in [0.05, 0.1) is 0 Å². The number of H-pyrrole nitrogens is 1. The lowest BCUT2D eigenvalue weighted by Gasteiger charge is -2.07. The van der Waals surface area contributed by atoms with Gasteiger partial charge in [-0.05, 0) is 18.4 Å². The number of hydrogen-bond donors (Lipinski definition) is 1. The Kier molecular flexibility index (Phi) is 12.5. The van der Waals surface area contributed by atoms with Crippen LogP contribution in [0.1, 0.15) is 109 Å². The third-order valence-corrected chi connectivity index (χ3v) is 5.82. The van der Waals surface area contributed by atoms with E-state index in [1.807, 2.05) is 12.4 Å². The van der Waals surface area contributed by atoms with Crippen LogP contribution >= 0.6 is 0 Å². The normalized spacial score (nSPS) is 11.2. The molecule has 2 rings (SSSR count). The van der Waals surface area contributed by atoms with Crippen LogP contribution in [-0.2, 0) is 6.42 Å². The van der Waals surface area contributed by atoms with Gasteiger partial charge < -0.3 is 4.98 Å². The molecule has 1 aromatic heterocycles. The lowest BCUT2D eigenvalue weighted by Crippen LogP contribution is -1.92. The Morgan fingerprint density at radius 3 is 1.75 bits per heavy atom. The van der Waals surface area contributed by atoms with Crippen molar-refractivity contribution < 1.29 is 0 Å². The fourth-order valence-corrected chi connectivity index (χ4v) is 4.07. The predicted molar refractivity (Wildman–Crippen MR) is 123 cm³/mol. The molecule has 0 radical (unpaired) electrons. The number of hydrogen-bond acceptors (Lipinski definition) is 1. The molecule has 28 heavy (non-hydrogen) atoms. The summed E-state index contributed by atoms with van der Waals surface area (Å²) in [6, 6.07) is 8.68. The fraction of sp³-hybridized carbons (Fsp3) is 0.654. The summed E-state index contributed by atoms with van der Waals surface area (Å²) in [5, 5.41) is 0. The minimum atomic E-state index is 0.997. The van der Waals surface area contributed by atoms with Gasteiger partial charge in [0, 0.05) is 18.0 Å². The van der Waals surface area contributed by atoms with E-state index in [4.69, 9.17) is 0 Å². The van der Waals surface area contributed by atoms with Crippen LogP contribution < -0.4 is 0 Å². The molecule has 0 aliphatic carbocycles. The summed E-state index contributed by atoms with van der Waals surface area (Å²) in [5.41, 5.74) is 2.69. The molecule has 0 saturated heterocycles. The average molecular weight is 383 g/mol. The SMILES string of the molecule is CCCCCCCCCCCCCCCCCc1ccccc1-c1ncc[nH]1. The molecule has 0 bridgehead atoms. The zero-order valence-corrected chi connectivity index (χ0v) is 18.2. The second-order valence-electron chi connectivity index (χ2n) is 8.29. The van der Waals surface area contributed by atoms with Gasteiger partial charge in [-0.1, -0.05) is 121 Å². The maximum atomic E-state index is 4.41. The van der Waals surface area contributed by atoms with Crippen molar-refractivity contribution in [1.82, 2.24) is 9.97 Å². The van der Waals surface area contributed by atoms with Gasteiger partial charge in [0.25, 0.3) is 0 Å². The molecule has 0 aliphatic heterocycles. The van der Waals surface area contributed by atoms with E-state index in [1.165, 1.54) is 107 Å². The highest BCUT2D eigenvalue weighted by Gasteiger charge is 2.06. The number of aromatic nitrogens is 2. The molecule has 0 amide bonds. The van der Waals surface area contributed by atoms with Crippen LogP contribution in [0.2, 0.25) is 0 Å². The van der Waals surface area contributed by atoms with E-state index >= 15 is 0 Å². The fourth-order valence-electron chi connectivity index (χ4n) is 4.07. The van der Waals surface area contributed by atoms with Crippen LogP contribution in [0.5, 0.6) is 0 Å². The molecule has 0 spiro atoms. The molecule has 0 saturated carbocycles. The number of benzene rings is 1. The van der Waals surface area contributed by atoms with Crippen LogP contribution in [-0.4, -0.2) is 9.97 Å². The lowest BCUT2D eigenvalue weighted by atomic mass is 9.99. The summed E-state index contributed by atoms with van der Waals surface area (Å²) in [6.07, 6.45) is 26.2. The van der Waals surface area contributed by atoms with Crippen LogP contribution in [0.4, 0.5) is 0 Å². The number of nitrogens with zero attached hydrogens (tertiary/aromatic N) is 1. The van der Waals surface area contributed by atoms with E-state index in [1.54, 1.807) is 0 Å². The largest absolute Gasteiger partial charge is 0.345 e. The Morgan fingerprint density at radius 1 is 0.679 bits per heavy atom. The van der Waals surface area contributed by atoms with E-state index in [0.717, 1.165) is 12.2 Å². The second-order valence-corrected chi connectivity index (χ2v) is 8.29. The Labute approximate surface area is 173 Å². The van der Waals surface area contributed by atoms with Gasteiger partial charge in [-0.15, -0.1) is 0 Å². The molecule has 1 aromatic carbocycles. The highest BCUT2D eigenvalue weighted by molar-refractivity contribution is 5.59. The topological polar surface area (TPSA) is 28.7 Å². The summed E-state index contributed by atoms with van der Waals surface area (Å²) in [4.78, 5) is 7.65. The van der Waals surface area contributed by atoms with Crippen molar-refractivity contribution in [1.29, 1.82) is 0 Å². The van der Waals surface area contributed by atoms with Crippen molar-refractivity contribution in [3.05, 3.63) is 42.2 Å². The van der Waals surface area contributed by atoms with Gasteiger partial charge in [0.2, 0.25) is 0 Å². The molecule has 0 fully saturated rings. The Morgan fingerprint density at radius 2 is 1.21 bits per heavy atom. The maximum Gasteiger partial charge on any atom is 0.137 e. The Balaban J connectivity index is 1.42. The first-order valence-corrected chi connectivity index (χ1v) is 12.0. The zero-order valence-electron chi connectivity index (χ0n) is 18.2. The van der Waals surface area contributed by atoms with Crippen molar-refractivity contribution in [3.63, 3.8) is 0 Å². The molecule has 2 heteroatoms. The van der Waals surface area contributed by atoms with E-state index in [-0.39, 0.29) is 0 Å². The monoisotopic (exact) mass is 382 g/mol. The number of aryl methyl sites for hydroxylation is 1. The van der Waals surface area contributed by atoms with E-state index < -0.39 is 0 Å². The summed E-state index contributed by atoms with van der Waals surface area (Å²) < 4.78 is 0. The highest BCUT2D eigenvalue weighted by Crippen LogP contribution is 2.22. The molecule has 0 unspecified atom stereocenters. The van der Waals surface area contributed by atoms with E-state index in [9.17, 15) is 0 Å². The maximum absolute atomic E-state index is 4.41. The number of rotatable bonds is 17. The standard InChI is InChI=1S/C26H42N2/c1-2-3-4-5-6-7-8-9-10-11-12-13-14-15-16-19-24-20-17-18-21-25(24)26-27-22-23-28-26/h17-18,20-23H,2-16,19H2,1H3,(H,27,28). The third kappa shape index (κ3) is 9.57. The quantitative estimate of drug-likeness (QED) is 0.273. The molecule has 1 N–H and O–H groups in total. The molecule has 2 aromatic rings. The highest BCUT2D eigenvalue weighted by atomic mass is 14.9. The summed E-state index contributed by atoms with van der Waals surface area (Å²) in [5.74, 6) is 0.997. The van der Waals surface area contributed by atoms with Crippen LogP contribution in [0.15, 0.2) is 36.7 Å². The van der Waals surface area contributed by atoms with E-state index in [0.29, 0.717) is 0 Å². The molecule has 156 valence electrons. The lowest BCUT2D eigenvalue weighted by molar-refractivity contribution is 0.532. The summed E-state index contributed by atoms with van der Waals surface area (Å²) >= 11 is 0. The molecular formula is C26H42N2. The van der Waals surface area contributed by atoms with Crippen molar-refractivity contribution in [2.24, 2.45) is 0 Å². The molecule has 2 nitrogen and oxygen atoms in total. The first-order chi connectivity index (χ1) is 13.9. The Hall–Kier alpha value is -1.57. The van der Waals surface area contributed by atoms with Crippen molar-refractivity contribution >= 4 is 0 Å². The minimum Gasteiger partial charge on any atom is -0.345 e. The molecule has 0 aliphatic rings. The summed E-state index contributed by atoms with van der Waals surface area (Å²) in [7, 11) is 0. The van der Waals surface area contributed by atoms with Crippen molar-refractivity contribution in [2.75, 3.05) is 0 Å². The third-order valence-electron chi connectivity index (χ3n) is 5.82.